The van der Waals surface area contributed by atoms with E-state index in [9.17, 15) is 0 Å². The van der Waals surface area contributed by atoms with Gasteiger partial charge in [-0.25, -0.2) is 0 Å². The molecule has 0 N–H and O–H groups in total. The maximum atomic E-state index is 5.57. The minimum Gasteiger partial charge on any atom is -0.492 e. The summed E-state index contributed by atoms with van der Waals surface area (Å²) in [5, 5.41) is 2.39. The molecule has 0 aliphatic heterocycles. The Balaban J connectivity index is 2.45. The summed E-state index contributed by atoms with van der Waals surface area (Å²) in [6, 6.07) is 12.3. The molecule has 2 aromatic rings. The zero-order valence-corrected chi connectivity index (χ0v) is 10.6. The first-order valence-electron chi connectivity index (χ1n) is 4.74. The molecule has 2 rings (SSSR count). The van der Waals surface area contributed by atoms with Crippen molar-refractivity contribution >= 4 is 39.3 Å². The van der Waals surface area contributed by atoms with Gasteiger partial charge < -0.3 is 4.74 Å². The van der Waals surface area contributed by atoms with Crippen molar-refractivity contribution in [2.45, 2.75) is 0 Å². The van der Waals surface area contributed by atoms with Gasteiger partial charge in [-0.2, -0.15) is 12.6 Å². The van der Waals surface area contributed by atoms with Crippen molar-refractivity contribution in [2.75, 3.05) is 12.4 Å². The fourth-order valence-electron chi connectivity index (χ4n) is 1.48. The van der Waals surface area contributed by atoms with Gasteiger partial charge in [0, 0.05) is 5.75 Å². The van der Waals surface area contributed by atoms with Crippen LogP contribution in [0.15, 0.2) is 40.9 Å². The van der Waals surface area contributed by atoms with Gasteiger partial charge >= 0.3 is 0 Å². The number of benzene rings is 2. The van der Waals surface area contributed by atoms with Gasteiger partial charge in [0.2, 0.25) is 0 Å². The van der Waals surface area contributed by atoms with Gasteiger partial charge in [-0.1, -0.05) is 30.3 Å². The van der Waals surface area contributed by atoms with E-state index < -0.39 is 0 Å². The van der Waals surface area contributed by atoms with Gasteiger partial charge in [0.15, 0.2) is 0 Å². The SMILES string of the molecule is SCCOc1ccc2ccccc2c1Br. The topological polar surface area (TPSA) is 9.23 Å². The third-order valence-corrected chi connectivity index (χ3v) is 3.18. The van der Waals surface area contributed by atoms with Crippen molar-refractivity contribution in [1.29, 1.82) is 0 Å². The van der Waals surface area contributed by atoms with Crippen LogP contribution in [0, 0.1) is 0 Å². The van der Waals surface area contributed by atoms with Crippen LogP contribution in [0.1, 0.15) is 0 Å². The van der Waals surface area contributed by atoms with Gasteiger partial charge in [-0.3, -0.25) is 0 Å². The normalized spacial score (nSPS) is 10.5. The van der Waals surface area contributed by atoms with E-state index in [2.05, 4.69) is 46.8 Å². The second-order valence-corrected chi connectivity index (χ2v) is 4.41. The maximum absolute atomic E-state index is 5.57. The number of fused-ring (bicyclic) bond motifs is 1. The van der Waals surface area contributed by atoms with Crippen LogP contribution in [0.5, 0.6) is 5.75 Å². The minimum atomic E-state index is 0.625. The summed E-state index contributed by atoms with van der Waals surface area (Å²) in [5.74, 6) is 1.60. The molecule has 0 aromatic heterocycles. The molecule has 3 heteroatoms. The maximum Gasteiger partial charge on any atom is 0.134 e. The van der Waals surface area contributed by atoms with E-state index in [1.807, 2.05) is 18.2 Å². The Morgan fingerprint density at radius 3 is 2.73 bits per heavy atom. The van der Waals surface area contributed by atoms with Crippen LogP contribution in [-0.4, -0.2) is 12.4 Å². The highest BCUT2D eigenvalue weighted by Gasteiger charge is 2.04. The fraction of sp³-hybridized carbons (Fsp3) is 0.167. The first-order chi connectivity index (χ1) is 7.33. The summed E-state index contributed by atoms with van der Waals surface area (Å²) in [7, 11) is 0. The van der Waals surface area contributed by atoms with Crippen molar-refractivity contribution < 1.29 is 4.74 Å². The number of hydrogen-bond donors (Lipinski definition) is 1. The summed E-state index contributed by atoms with van der Waals surface area (Å²) in [4.78, 5) is 0. The molecule has 0 amide bonds. The quantitative estimate of drug-likeness (QED) is 0.840. The smallest absolute Gasteiger partial charge is 0.134 e. The monoisotopic (exact) mass is 282 g/mol. The third kappa shape index (κ3) is 2.29. The molecule has 0 saturated carbocycles. The lowest BCUT2D eigenvalue weighted by molar-refractivity contribution is 0.343. The molecule has 1 nitrogen and oxygen atoms in total. The Labute approximate surface area is 103 Å². The Kier molecular flexibility index (Phi) is 3.54. The van der Waals surface area contributed by atoms with Gasteiger partial charge in [0.25, 0.3) is 0 Å². The predicted molar refractivity (Wildman–Crippen MR) is 71.0 cm³/mol. The highest BCUT2D eigenvalue weighted by atomic mass is 79.9. The van der Waals surface area contributed by atoms with Crippen molar-refractivity contribution in [2.24, 2.45) is 0 Å². The molecule has 0 aliphatic carbocycles. The molecule has 78 valence electrons. The summed E-state index contributed by atoms with van der Waals surface area (Å²) in [5.41, 5.74) is 0. The molecule has 0 saturated heterocycles. The first-order valence-corrected chi connectivity index (χ1v) is 6.16. The van der Waals surface area contributed by atoms with E-state index in [4.69, 9.17) is 4.74 Å². The lowest BCUT2D eigenvalue weighted by atomic mass is 10.1. The lowest BCUT2D eigenvalue weighted by Crippen LogP contribution is -1.98. The van der Waals surface area contributed by atoms with Crippen LogP contribution in [0.3, 0.4) is 0 Å². The Hall–Kier alpha value is -0.670. The molecule has 0 heterocycles. The van der Waals surface area contributed by atoms with Gasteiger partial charge in [-0.15, -0.1) is 0 Å². The van der Waals surface area contributed by atoms with Crippen molar-refractivity contribution in [3.8, 4) is 5.75 Å². The molecule has 0 fully saturated rings. The predicted octanol–water partition coefficient (Wildman–Crippen LogP) is 3.91. The highest BCUT2D eigenvalue weighted by Crippen LogP contribution is 2.32. The molecule has 2 aromatic carbocycles. The van der Waals surface area contributed by atoms with Gasteiger partial charge in [0.05, 0.1) is 11.1 Å². The molecular weight excluding hydrogens is 272 g/mol. The van der Waals surface area contributed by atoms with Crippen molar-refractivity contribution in [1.82, 2.24) is 0 Å². The van der Waals surface area contributed by atoms with E-state index in [-0.39, 0.29) is 0 Å². The molecule has 15 heavy (non-hydrogen) atoms. The van der Waals surface area contributed by atoms with Gasteiger partial charge in [0.1, 0.15) is 5.75 Å². The van der Waals surface area contributed by atoms with Crippen LogP contribution < -0.4 is 4.74 Å². The fourth-order valence-corrected chi connectivity index (χ4v) is 2.18. The number of halogens is 1. The van der Waals surface area contributed by atoms with Crippen LogP contribution in [-0.2, 0) is 0 Å². The van der Waals surface area contributed by atoms with E-state index in [1.165, 1.54) is 10.8 Å². The van der Waals surface area contributed by atoms with E-state index in [0.29, 0.717) is 6.61 Å². The summed E-state index contributed by atoms with van der Waals surface area (Å²) < 4.78 is 6.59. The van der Waals surface area contributed by atoms with Crippen LogP contribution >= 0.6 is 28.6 Å². The average Bonchev–Trinajstić information content (AvgIpc) is 2.29. The van der Waals surface area contributed by atoms with Crippen molar-refractivity contribution in [3.63, 3.8) is 0 Å². The highest BCUT2D eigenvalue weighted by molar-refractivity contribution is 9.10. The molecule has 0 bridgehead atoms. The molecular formula is C12H11BrOS. The zero-order valence-electron chi connectivity index (χ0n) is 8.11. The van der Waals surface area contributed by atoms with E-state index in [1.54, 1.807) is 0 Å². The minimum absolute atomic E-state index is 0.625. The van der Waals surface area contributed by atoms with Crippen molar-refractivity contribution in [3.05, 3.63) is 40.9 Å². The number of ether oxygens (including phenoxy) is 1. The first kappa shape index (κ1) is 10.8. The standard InChI is InChI=1S/C12H11BrOS/c13-12-10-4-2-1-3-9(10)5-6-11(12)14-7-8-15/h1-6,15H,7-8H2. The van der Waals surface area contributed by atoms with E-state index in [0.717, 1.165) is 16.0 Å². The Morgan fingerprint density at radius 2 is 1.93 bits per heavy atom. The largest absolute Gasteiger partial charge is 0.492 e. The summed E-state index contributed by atoms with van der Waals surface area (Å²) in [6.07, 6.45) is 0. The third-order valence-electron chi connectivity index (χ3n) is 2.18. The second-order valence-electron chi connectivity index (χ2n) is 3.17. The average molecular weight is 283 g/mol. The van der Waals surface area contributed by atoms with Crippen LogP contribution in [0.4, 0.5) is 0 Å². The molecule has 0 unspecified atom stereocenters. The van der Waals surface area contributed by atoms with E-state index >= 15 is 0 Å². The molecule has 0 aliphatic rings. The number of thiol groups is 1. The number of rotatable bonds is 3. The second kappa shape index (κ2) is 4.90. The van der Waals surface area contributed by atoms with Crippen LogP contribution in [0.25, 0.3) is 10.8 Å². The van der Waals surface area contributed by atoms with Crippen LogP contribution in [0.2, 0.25) is 0 Å². The molecule has 0 atom stereocenters. The summed E-state index contributed by atoms with van der Waals surface area (Å²) >= 11 is 7.68. The lowest BCUT2D eigenvalue weighted by Gasteiger charge is -2.08. The summed E-state index contributed by atoms with van der Waals surface area (Å²) in [6.45, 7) is 0.625. The molecule has 0 spiro atoms. The molecule has 0 radical (unpaired) electrons. The number of hydrogen-bond acceptors (Lipinski definition) is 2. The Morgan fingerprint density at radius 1 is 1.13 bits per heavy atom. The Bertz CT molecular complexity index is 470. The van der Waals surface area contributed by atoms with Gasteiger partial charge in [-0.05, 0) is 32.8 Å². The zero-order chi connectivity index (χ0) is 10.7.